The molecule has 0 spiro atoms. The first-order chi connectivity index (χ1) is 9.86. The highest BCUT2D eigenvalue weighted by Gasteiger charge is 2.20. The van der Waals surface area contributed by atoms with Crippen LogP contribution in [-0.4, -0.2) is 8.42 Å². The predicted octanol–water partition coefficient (Wildman–Crippen LogP) is 3.56. The summed E-state index contributed by atoms with van der Waals surface area (Å²) in [6, 6.07) is 9.72. The van der Waals surface area contributed by atoms with Gasteiger partial charge in [-0.05, 0) is 36.2 Å². The van der Waals surface area contributed by atoms with Crippen LogP contribution in [0.1, 0.15) is 11.1 Å². The zero-order chi connectivity index (χ0) is 15.6. The summed E-state index contributed by atoms with van der Waals surface area (Å²) in [7, 11) is -3.80. The molecule has 0 aliphatic heterocycles. The van der Waals surface area contributed by atoms with Crippen LogP contribution in [0.3, 0.4) is 0 Å². The van der Waals surface area contributed by atoms with Crippen LogP contribution < -0.4 is 10.5 Å². The minimum atomic E-state index is -3.80. The summed E-state index contributed by atoms with van der Waals surface area (Å²) in [6.07, 6.45) is 0. The average Bonchev–Trinajstić information content (AvgIpc) is 2.43. The monoisotopic (exact) mass is 344 g/mol. The lowest BCUT2D eigenvalue weighted by molar-refractivity contribution is 0.600. The highest BCUT2D eigenvalue weighted by molar-refractivity contribution is 7.92. The number of para-hydroxylation sites is 1. The minimum Gasteiger partial charge on any atom is -0.326 e. The van der Waals surface area contributed by atoms with Gasteiger partial charge in [-0.2, -0.15) is 0 Å². The van der Waals surface area contributed by atoms with Gasteiger partial charge in [0.1, 0.15) is 0 Å². The molecule has 2 aromatic carbocycles. The van der Waals surface area contributed by atoms with E-state index in [1.54, 1.807) is 37.3 Å². The molecule has 0 saturated heterocycles. The molecule has 0 atom stereocenters. The lowest BCUT2D eigenvalue weighted by Gasteiger charge is -2.14. The molecule has 0 saturated carbocycles. The van der Waals surface area contributed by atoms with E-state index in [9.17, 15) is 8.42 Å². The van der Waals surface area contributed by atoms with Gasteiger partial charge in [0.05, 0.1) is 20.6 Å². The fourth-order valence-electron chi connectivity index (χ4n) is 1.96. The van der Waals surface area contributed by atoms with E-state index in [0.29, 0.717) is 5.56 Å². The van der Waals surface area contributed by atoms with E-state index < -0.39 is 10.0 Å². The molecular formula is C14H14Cl2N2O2S. The molecule has 3 N–H and O–H groups in total. The number of benzene rings is 2. The second-order valence-corrected chi connectivity index (χ2v) is 6.91. The van der Waals surface area contributed by atoms with E-state index >= 15 is 0 Å². The Morgan fingerprint density at radius 2 is 1.67 bits per heavy atom. The van der Waals surface area contributed by atoms with Crippen LogP contribution in [0.4, 0.5) is 5.69 Å². The fraction of sp³-hybridized carbons (Fsp3) is 0.143. The van der Waals surface area contributed by atoms with Gasteiger partial charge >= 0.3 is 0 Å². The molecular weight excluding hydrogens is 331 g/mol. The molecule has 0 aromatic heterocycles. The lowest BCUT2D eigenvalue weighted by atomic mass is 10.1. The van der Waals surface area contributed by atoms with Crippen molar-refractivity contribution in [1.29, 1.82) is 0 Å². The van der Waals surface area contributed by atoms with Crippen LogP contribution >= 0.6 is 23.2 Å². The zero-order valence-corrected chi connectivity index (χ0v) is 13.6. The number of anilines is 1. The van der Waals surface area contributed by atoms with Crippen LogP contribution in [0.25, 0.3) is 0 Å². The molecule has 112 valence electrons. The quantitative estimate of drug-likeness (QED) is 0.890. The smallest absolute Gasteiger partial charge is 0.262 e. The van der Waals surface area contributed by atoms with Crippen molar-refractivity contribution in [3.05, 3.63) is 57.6 Å². The molecule has 0 radical (unpaired) electrons. The number of nitrogens with one attached hydrogen (secondary N) is 1. The maximum Gasteiger partial charge on any atom is 0.262 e. The van der Waals surface area contributed by atoms with Crippen molar-refractivity contribution in [3.63, 3.8) is 0 Å². The SMILES string of the molecule is Cc1c(CN)cccc1S(=O)(=O)Nc1c(Cl)cccc1Cl. The summed E-state index contributed by atoms with van der Waals surface area (Å²) in [6.45, 7) is 1.98. The largest absolute Gasteiger partial charge is 0.326 e. The highest BCUT2D eigenvalue weighted by Crippen LogP contribution is 2.32. The van der Waals surface area contributed by atoms with Crippen molar-refractivity contribution in [3.8, 4) is 0 Å². The van der Waals surface area contributed by atoms with Crippen LogP contribution in [0.5, 0.6) is 0 Å². The predicted molar refractivity (Wildman–Crippen MR) is 86.3 cm³/mol. The van der Waals surface area contributed by atoms with Gasteiger partial charge in [-0.1, -0.05) is 41.4 Å². The molecule has 21 heavy (non-hydrogen) atoms. The van der Waals surface area contributed by atoms with E-state index in [4.69, 9.17) is 28.9 Å². The van der Waals surface area contributed by atoms with Crippen LogP contribution in [0.15, 0.2) is 41.3 Å². The van der Waals surface area contributed by atoms with Crippen molar-refractivity contribution in [2.45, 2.75) is 18.4 Å². The molecule has 0 heterocycles. The Balaban J connectivity index is 2.49. The first-order valence-electron chi connectivity index (χ1n) is 6.12. The Morgan fingerprint density at radius 1 is 1.10 bits per heavy atom. The summed E-state index contributed by atoms with van der Waals surface area (Å²) in [5, 5.41) is 0.470. The van der Waals surface area contributed by atoms with Gasteiger partial charge in [-0.25, -0.2) is 8.42 Å². The van der Waals surface area contributed by atoms with Gasteiger partial charge in [-0.3, -0.25) is 4.72 Å². The molecule has 0 unspecified atom stereocenters. The van der Waals surface area contributed by atoms with Crippen molar-refractivity contribution in [2.24, 2.45) is 5.73 Å². The molecule has 2 aromatic rings. The van der Waals surface area contributed by atoms with E-state index in [-0.39, 0.29) is 27.2 Å². The zero-order valence-electron chi connectivity index (χ0n) is 11.2. The van der Waals surface area contributed by atoms with E-state index in [0.717, 1.165) is 5.56 Å². The average molecular weight is 345 g/mol. The van der Waals surface area contributed by atoms with Gasteiger partial charge in [-0.15, -0.1) is 0 Å². The molecule has 0 aliphatic carbocycles. The number of rotatable bonds is 4. The Bertz CT molecular complexity index is 756. The van der Waals surface area contributed by atoms with E-state index in [1.807, 2.05) is 0 Å². The lowest BCUT2D eigenvalue weighted by Crippen LogP contribution is -2.16. The van der Waals surface area contributed by atoms with E-state index in [1.165, 1.54) is 6.07 Å². The third kappa shape index (κ3) is 3.32. The van der Waals surface area contributed by atoms with Gasteiger partial charge in [0.25, 0.3) is 10.0 Å². The number of hydrogen-bond acceptors (Lipinski definition) is 3. The maximum atomic E-state index is 12.5. The number of sulfonamides is 1. The van der Waals surface area contributed by atoms with Crippen LogP contribution in [0.2, 0.25) is 10.0 Å². The van der Waals surface area contributed by atoms with Crippen molar-refractivity contribution in [1.82, 2.24) is 0 Å². The first kappa shape index (κ1) is 16.1. The second-order valence-electron chi connectivity index (χ2n) is 4.45. The Labute approximate surface area is 133 Å². The van der Waals surface area contributed by atoms with Gasteiger partial charge < -0.3 is 5.73 Å². The Hall–Kier alpha value is -1.27. The summed E-state index contributed by atoms with van der Waals surface area (Å²) in [4.78, 5) is 0.154. The number of nitrogens with two attached hydrogens (primary N) is 1. The molecule has 0 bridgehead atoms. The standard InChI is InChI=1S/C14H14Cl2N2O2S/c1-9-10(8-17)4-2-7-13(9)21(19,20)18-14-11(15)5-3-6-12(14)16/h2-7,18H,8,17H2,1H3. The van der Waals surface area contributed by atoms with Crippen molar-refractivity contribution in [2.75, 3.05) is 4.72 Å². The summed E-state index contributed by atoms with van der Waals surface area (Å²) >= 11 is 12.0. The third-order valence-electron chi connectivity index (χ3n) is 3.10. The first-order valence-corrected chi connectivity index (χ1v) is 8.36. The van der Waals surface area contributed by atoms with Crippen molar-refractivity contribution >= 4 is 38.9 Å². The third-order valence-corrected chi connectivity index (χ3v) is 5.23. The normalized spacial score (nSPS) is 11.4. The van der Waals surface area contributed by atoms with E-state index in [2.05, 4.69) is 4.72 Å². The fourth-order valence-corrected chi connectivity index (χ4v) is 3.95. The Morgan fingerprint density at radius 3 is 2.24 bits per heavy atom. The summed E-state index contributed by atoms with van der Waals surface area (Å²) in [5.74, 6) is 0. The van der Waals surface area contributed by atoms with Crippen LogP contribution in [-0.2, 0) is 16.6 Å². The summed E-state index contributed by atoms with van der Waals surface area (Å²) < 4.78 is 27.5. The van der Waals surface area contributed by atoms with Gasteiger partial charge in [0, 0.05) is 6.54 Å². The molecule has 2 rings (SSSR count). The van der Waals surface area contributed by atoms with Crippen molar-refractivity contribution < 1.29 is 8.42 Å². The molecule has 4 nitrogen and oxygen atoms in total. The van der Waals surface area contributed by atoms with Gasteiger partial charge in [0.2, 0.25) is 0 Å². The minimum absolute atomic E-state index is 0.154. The molecule has 0 aliphatic rings. The molecule has 0 amide bonds. The second kappa shape index (κ2) is 6.23. The molecule has 7 heteroatoms. The number of halogens is 2. The van der Waals surface area contributed by atoms with Gasteiger partial charge in [0.15, 0.2) is 0 Å². The molecule has 0 fully saturated rings. The topological polar surface area (TPSA) is 72.2 Å². The summed E-state index contributed by atoms with van der Waals surface area (Å²) in [5.41, 5.74) is 7.15. The van der Waals surface area contributed by atoms with Crippen LogP contribution in [0, 0.1) is 6.92 Å². The number of hydrogen-bond donors (Lipinski definition) is 2. The Kier molecular flexibility index (Phi) is 4.78. The maximum absolute atomic E-state index is 12.5. The highest BCUT2D eigenvalue weighted by atomic mass is 35.5.